The maximum Gasteiger partial charge on any atom is 0.287 e. The average molecular weight is 403 g/mol. The number of hydrogen-bond acceptors (Lipinski definition) is 7. The average Bonchev–Trinajstić information content (AvgIpc) is 3.23. The number of halogens is 2. The minimum atomic E-state index is -0.496. The van der Waals surface area contributed by atoms with E-state index in [1.807, 2.05) is 0 Å². The molecule has 3 rings (SSSR count). The molecule has 0 bridgehead atoms. The molecule has 0 spiro atoms. The van der Waals surface area contributed by atoms with Crippen molar-refractivity contribution in [2.24, 2.45) is 0 Å². The number of nitrogens with zero attached hydrogens (tertiary/aromatic N) is 4. The van der Waals surface area contributed by atoms with Crippen molar-refractivity contribution in [1.82, 2.24) is 15.2 Å². The van der Waals surface area contributed by atoms with Crippen molar-refractivity contribution in [1.29, 1.82) is 5.26 Å². The van der Waals surface area contributed by atoms with Gasteiger partial charge in [0.1, 0.15) is 18.1 Å². The normalized spacial score (nSPS) is 24.1. The van der Waals surface area contributed by atoms with Crippen molar-refractivity contribution >= 4 is 42.2 Å². The lowest BCUT2D eigenvalue weighted by Crippen LogP contribution is -2.45. The molecule has 0 radical (unpaired) electrons. The summed E-state index contributed by atoms with van der Waals surface area (Å²) in [4.78, 5) is 28.3. The highest BCUT2D eigenvalue weighted by atomic mass is 35.5. The highest BCUT2D eigenvalue weighted by molar-refractivity contribution is 5.85. The number of pyridine rings is 1. The third-order valence-electron chi connectivity index (χ3n) is 4.42. The summed E-state index contributed by atoms with van der Waals surface area (Å²) in [6.07, 6.45) is 3.40. The van der Waals surface area contributed by atoms with Gasteiger partial charge in [0.05, 0.1) is 17.0 Å². The van der Waals surface area contributed by atoms with Crippen LogP contribution >= 0.6 is 24.8 Å². The van der Waals surface area contributed by atoms with Crippen molar-refractivity contribution in [3.8, 4) is 6.07 Å². The van der Waals surface area contributed by atoms with E-state index >= 15 is 0 Å². The van der Waals surface area contributed by atoms with Crippen LogP contribution in [0.4, 0.5) is 11.5 Å². The second kappa shape index (κ2) is 9.52. The fourth-order valence-corrected chi connectivity index (χ4v) is 3.19. The van der Waals surface area contributed by atoms with Crippen LogP contribution in [0.2, 0.25) is 0 Å². The zero-order valence-electron chi connectivity index (χ0n) is 13.8. The van der Waals surface area contributed by atoms with Crippen LogP contribution in [0, 0.1) is 21.4 Å². The summed E-state index contributed by atoms with van der Waals surface area (Å²) < 4.78 is 0. The zero-order valence-corrected chi connectivity index (χ0v) is 15.5. The lowest BCUT2D eigenvalue weighted by Gasteiger charge is -2.23. The van der Waals surface area contributed by atoms with Gasteiger partial charge in [0, 0.05) is 25.2 Å². The van der Waals surface area contributed by atoms with Crippen molar-refractivity contribution in [2.45, 2.75) is 37.4 Å². The fourth-order valence-electron chi connectivity index (χ4n) is 3.19. The Labute approximate surface area is 163 Å². The van der Waals surface area contributed by atoms with Crippen LogP contribution in [0.1, 0.15) is 19.3 Å². The maximum absolute atomic E-state index is 12.5. The van der Waals surface area contributed by atoms with E-state index in [2.05, 4.69) is 21.7 Å². The molecule has 26 heavy (non-hydrogen) atoms. The SMILES string of the molecule is Cl.Cl.N#CC1CCCN1C(=O)[C@@H]1C[C@H](Nc2ccc([N+](=O)[O-])cn2)CN1. The van der Waals surface area contributed by atoms with Gasteiger partial charge >= 0.3 is 0 Å². The molecular weight excluding hydrogens is 383 g/mol. The van der Waals surface area contributed by atoms with Gasteiger partial charge in [0.2, 0.25) is 5.91 Å². The van der Waals surface area contributed by atoms with E-state index < -0.39 is 4.92 Å². The maximum atomic E-state index is 12.5. The van der Waals surface area contributed by atoms with Crippen molar-refractivity contribution in [3.63, 3.8) is 0 Å². The van der Waals surface area contributed by atoms with Crippen molar-refractivity contribution in [3.05, 3.63) is 28.4 Å². The number of nitriles is 1. The molecule has 142 valence electrons. The zero-order chi connectivity index (χ0) is 17.1. The molecule has 1 unspecified atom stereocenters. The number of rotatable bonds is 4. The molecule has 1 aromatic rings. The number of likely N-dealkylation sites (tertiary alicyclic amines) is 1. The van der Waals surface area contributed by atoms with Crippen LogP contribution in [0.15, 0.2) is 18.3 Å². The number of aromatic nitrogens is 1. The van der Waals surface area contributed by atoms with E-state index in [-0.39, 0.29) is 54.5 Å². The van der Waals surface area contributed by atoms with Crippen LogP contribution in [-0.4, -0.2) is 51.9 Å². The molecule has 11 heteroatoms. The third-order valence-corrected chi connectivity index (χ3v) is 4.42. The Hall–Kier alpha value is -2.15. The van der Waals surface area contributed by atoms with E-state index in [9.17, 15) is 14.9 Å². The van der Waals surface area contributed by atoms with E-state index in [1.165, 1.54) is 12.3 Å². The lowest BCUT2D eigenvalue weighted by molar-refractivity contribution is -0.385. The molecule has 0 saturated carbocycles. The summed E-state index contributed by atoms with van der Waals surface area (Å²) in [5, 5.41) is 26.1. The second-order valence-electron chi connectivity index (χ2n) is 6.02. The number of nitrogens with one attached hydrogen (secondary N) is 2. The third kappa shape index (κ3) is 4.72. The molecule has 2 fully saturated rings. The molecule has 2 aliphatic rings. The van der Waals surface area contributed by atoms with Crippen LogP contribution in [0.5, 0.6) is 0 Å². The summed E-state index contributed by atoms with van der Waals surface area (Å²) in [5.74, 6) is 0.511. The molecule has 0 aromatic carbocycles. The summed E-state index contributed by atoms with van der Waals surface area (Å²) >= 11 is 0. The monoisotopic (exact) mass is 402 g/mol. The Morgan fingerprint density at radius 3 is 2.85 bits per heavy atom. The Bertz CT molecular complexity index is 681. The Balaban J connectivity index is 0.00000169. The highest BCUT2D eigenvalue weighted by Gasteiger charge is 2.37. The Morgan fingerprint density at radius 1 is 1.46 bits per heavy atom. The minimum absolute atomic E-state index is 0. The standard InChI is InChI=1S/C15H18N6O3.2ClH/c16-7-11-2-1-5-20(11)15(22)13-6-10(8-17-13)19-14-4-3-12(9-18-14)21(23)24;;/h3-4,9-11,13,17H,1-2,5-6,8H2,(H,18,19);2*1H/t10-,11?,13-;;/m0../s1. The molecule has 3 heterocycles. The van der Waals surface area contributed by atoms with Crippen LogP contribution in [0.25, 0.3) is 0 Å². The Kier molecular flexibility index (Phi) is 8.02. The number of hydrogen-bond donors (Lipinski definition) is 2. The predicted octanol–water partition coefficient (Wildman–Crippen LogP) is 1.49. The smallest absolute Gasteiger partial charge is 0.287 e. The van der Waals surface area contributed by atoms with Crippen LogP contribution < -0.4 is 10.6 Å². The topological polar surface area (TPSA) is 124 Å². The van der Waals surface area contributed by atoms with E-state index in [0.717, 1.165) is 12.8 Å². The first-order valence-corrected chi connectivity index (χ1v) is 7.89. The first kappa shape index (κ1) is 21.9. The molecule has 2 N–H and O–H groups in total. The first-order valence-electron chi connectivity index (χ1n) is 7.89. The van der Waals surface area contributed by atoms with Gasteiger partial charge in [0.25, 0.3) is 5.69 Å². The Morgan fingerprint density at radius 2 is 2.23 bits per heavy atom. The summed E-state index contributed by atoms with van der Waals surface area (Å²) in [6.45, 7) is 1.23. The summed E-state index contributed by atoms with van der Waals surface area (Å²) in [7, 11) is 0. The lowest BCUT2D eigenvalue weighted by atomic mass is 10.1. The molecule has 1 amide bonds. The van der Waals surface area contributed by atoms with Gasteiger partial charge in [-0.2, -0.15) is 5.26 Å². The number of carbonyl (C=O) groups is 1. The number of carbonyl (C=O) groups excluding carboxylic acids is 1. The van der Waals surface area contributed by atoms with Gasteiger partial charge < -0.3 is 15.5 Å². The van der Waals surface area contributed by atoms with Gasteiger partial charge in [-0.25, -0.2) is 4.98 Å². The van der Waals surface area contributed by atoms with Gasteiger partial charge in [0.15, 0.2) is 0 Å². The van der Waals surface area contributed by atoms with E-state index in [1.54, 1.807) is 11.0 Å². The van der Waals surface area contributed by atoms with Crippen molar-refractivity contribution in [2.75, 3.05) is 18.4 Å². The van der Waals surface area contributed by atoms with Gasteiger partial charge in [-0.3, -0.25) is 14.9 Å². The largest absolute Gasteiger partial charge is 0.366 e. The predicted molar refractivity (Wildman–Crippen MR) is 99.6 cm³/mol. The molecule has 2 aliphatic heterocycles. The van der Waals surface area contributed by atoms with Crippen LogP contribution in [0.3, 0.4) is 0 Å². The number of anilines is 1. The molecular formula is C15H20Cl2N6O3. The van der Waals surface area contributed by atoms with Gasteiger partial charge in [-0.1, -0.05) is 0 Å². The van der Waals surface area contributed by atoms with Gasteiger partial charge in [-0.15, -0.1) is 24.8 Å². The van der Waals surface area contributed by atoms with Crippen LogP contribution in [-0.2, 0) is 4.79 Å². The molecule has 9 nitrogen and oxygen atoms in total. The summed E-state index contributed by atoms with van der Waals surface area (Å²) in [6, 6.07) is 4.51. The summed E-state index contributed by atoms with van der Waals surface area (Å²) in [5.41, 5.74) is -0.0604. The molecule has 1 aromatic heterocycles. The minimum Gasteiger partial charge on any atom is -0.366 e. The highest BCUT2D eigenvalue weighted by Crippen LogP contribution is 2.21. The number of amides is 1. The van der Waals surface area contributed by atoms with E-state index in [4.69, 9.17) is 5.26 Å². The number of nitro groups is 1. The fraction of sp³-hybridized carbons (Fsp3) is 0.533. The van der Waals surface area contributed by atoms with Gasteiger partial charge in [-0.05, 0) is 25.3 Å². The second-order valence-corrected chi connectivity index (χ2v) is 6.02. The quantitative estimate of drug-likeness (QED) is 0.577. The van der Waals surface area contributed by atoms with Crippen molar-refractivity contribution < 1.29 is 9.72 Å². The van der Waals surface area contributed by atoms with E-state index in [0.29, 0.717) is 25.3 Å². The molecule has 0 aliphatic carbocycles. The molecule has 2 saturated heterocycles. The molecule has 3 atom stereocenters. The first-order chi connectivity index (χ1) is 11.6.